The van der Waals surface area contributed by atoms with Crippen LogP contribution in [0.5, 0.6) is 0 Å². The molecule has 0 saturated heterocycles. The molecule has 0 aliphatic rings. The minimum absolute atomic E-state index is 0.0822. The van der Waals surface area contributed by atoms with Gasteiger partial charge in [-0.15, -0.1) is 10.2 Å². The van der Waals surface area contributed by atoms with Crippen molar-refractivity contribution >= 4 is 57.9 Å². The second kappa shape index (κ2) is 9.18. The molecule has 0 amide bonds. The van der Waals surface area contributed by atoms with Gasteiger partial charge < -0.3 is 14.1 Å². The Hall–Kier alpha value is -2.74. The molecule has 0 atom stereocenters. The summed E-state index contributed by atoms with van der Waals surface area (Å²) in [6.07, 6.45) is 4.11. The zero-order valence-electron chi connectivity index (χ0n) is 16.4. The SMILES string of the molecule is CCc1nnc(S/C(=C\c2cn(Cc3ccc(Cl)cc3Cl)c3ccccc23)C(=O)O)o1. The first-order chi connectivity index (χ1) is 14.9. The minimum atomic E-state index is -1.07. The molecule has 0 radical (unpaired) electrons. The molecule has 2 aromatic heterocycles. The maximum absolute atomic E-state index is 11.9. The summed E-state index contributed by atoms with van der Waals surface area (Å²) >= 11 is 13.3. The monoisotopic (exact) mass is 473 g/mol. The topological polar surface area (TPSA) is 81.2 Å². The number of thioether (sulfide) groups is 1. The van der Waals surface area contributed by atoms with Crippen LogP contribution >= 0.6 is 35.0 Å². The molecule has 6 nitrogen and oxygen atoms in total. The molecule has 2 aromatic carbocycles. The van der Waals surface area contributed by atoms with Crippen molar-refractivity contribution in [3.63, 3.8) is 0 Å². The number of nitrogens with zero attached hydrogens (tertiary/aromatic N) is 3. The standard InChI is InChI=1S/C22H17Cl2N3O3S/c1-2-20-25-26-22(30-20)31-19(21(28)29)9-14-12-27(18-6-4-3-5-16(14)18)11-13-7-8-15(23)10-17(13)24/h3-10,12H,2,11H2,1H3,(H,28,29)/b19-9-. The third-order valence-electron chi connectivity index (χ3n) is 4.62. The molecule has 158 valence electrons. The molecule has 4 aromatic rings. The van der Waals surface area contributed by atoms with Crippen LogP contribution in [0.1, 0.15) is 23.9 Å². The van der Waals surface area contributed by atoms with Crippen molar-refractivity contribution in [2.75, 3.05) is 0 Å². The fourth-order valence-electron chi connectivity index (χ4n) is 3.15. The molecule has 0 bridgehead atoms. The second-order valence-corrected chi connectivity index (χ2v) is 8.53. The van der Waals surface area contributed by atoms with Gasteiger partial charge in [-0.25, -0.2) is 4.79 Å². The van der Waals surface area contributed by atoms with Gasteiger partial charge in [0.15, 0.2) is 0 Å². The first-order valence-electron chi connectivity index (χ1n) is 9.41. The highest BCUT2D eigenvalue weighted by Gasteiger charge is 2.17. The molecule has 0 fully saturated rings. The van der Waals surface area contributed by atoms with Crippen LogP contribution in [0, 0.1) is 0 Å². The lowest BCUT2D eigenvalue weighted by molar-refractivity contribution is -0.131. The van der Waals surface area contributed by atoms with Crippen molar-refractivity contribution in [1.29, 1.82) is 0 Å². The van der Waals surface area contributed by atoms with Crippen LogP contribution in [-0.4, -0.2) is 25.8 Å². The first kappa shape index (κ1) is 21.5. The van der Waals surface area contributed by atoms with E-state index in [4.69, 9.17) is 27.6 Å². The van der Waals surface area contributed by atoms with Crippen molar-refractivity contribution in [3.8, 4) is 0 Å². The number of rotatable bonds is 7. The number of carbonyl (C=O) groups is 1. The molecule has 9 heteroatoms. The van der Waals surface area contributed by atoms with Gasteiger partial charge in [0, 0.05) is 45.7 Å². The summed E-state index contributed by atoms with van der Waals surface area (Å²) in [7, 11) is 0. The highest BCUT2D eigenvalue weighted by Crippen LogP contribution is 2.31. The summed E-state index contributed by atoms with van der Waals surface area (Å²) in [5, 5.41) is 19.8. The molecule has 0 aliphatic carbocycles. The largest absolute Gasteiger partial charge is 0.477 e. The fraction of sp³-hybridized carbons (Fsp3) is 0.136. The van der Waals surface area contributed by atoms with Crippen molar-refractivity contribution in [2.24, 2.45) is 0 Å². The second-order valence-electron chi connectivity index (χ2n) is 6.70. The summed E-state index contributed by atoms with van der Waals surface area (Å²) in [6.45, 7) is 2.40. The number of aryl methyl sites for hydroxylation is 1. The number of hydrogen-bond acceptors (Lipinski definition) is 5. The summed E-state index contributed by atoms with van der Waals surface area (Å²) in [6, 6.07) is 13.2. The van der Waals surface area contributed by atoms with Gasteiger partial charge in [0.2, 0.25) is 5.89 Å². The van der Waals surface area contributed by atoms with Crippen LogP contribution < -0.4 is 0 Å². The number of fused-ring (bicyclic) bond motifs is 1. The van der Waals surface area contributed by atoms with Crippen molar-refractivity contribution < 1.29 is 14.3 Å². The zero-order chi connectivity index (χ0) is 22.0. The van der Waals surface area contributed by atoms with Gasteiger partial charge in [-0.3, -0.25) is 0 Å². The van der Waals surface area contributed by atoms with Crippen LogP contribution in [0.15, 0.2) is 63.2 Å². The molecule has 2 heterocycles. The average molecular weight is 474 g/mol. The molecule has 0 spiro atoms. The van der Waals surface area contributed by atoms with Gasteiger partial charge in [-0.1, -0.05) is 54.4 Å². The molecular formula is C22H17Cl2N3O3S. The lowest BCUT2D eigenvalue weighted by Gasteiger charge is -2.08. The Labute approximate surface area is 192 Å². The van der Waals surface area contributed by atoms with E-state index < -0.39 is 5.97 Å². The highest BCUT2D eigenvalue weighted by molar-refractivity contribution is 8.03. The van der Waals surface area contributed by atoms with Gasteiger partial charge in [0.25, 0.3) is 5.22 Å². The maximum Gasteiger partial charge on any atom is 0.342 e. The van der Waals surface area contributed by atoms with Crippen LogP contribution in [-0.2, 0) is 17.8 Å². The third-order valence-corrected chi connectivity index (χ3v) is 6.06. The Balaban J connectivity index is 1.73. The molecule has 1 N–H and O–H groups in total. The van der Waals surface area contributed by atoms with Crippen molar-refractivity contribution in [1.82, 2.24) is 14.8 Å². The maximum atomic E-state index is 11.9. The van der Waals surface area contributed by atoms with Crippen LogP contribution in [0.2, 0.25) is 10.0 Å². The van der Waals surface area contributed by atoms with Gasteiger partial charge in [-0.05, 0) is 41.6 Å². The Morgan fingerprint density at radius 1 is 1.23 bits per heavy atom. The number of carboxylic acid groups (broad SMARTS) is 1. The Morgan fingerprint density at radius 2 is 2.03 bits per heavy atom. The molecule has 0 unspecified atom stereocenters. The van der Waals surface area contributed by atoms with E-state index in [-0.39, 0.29) is 10.1 Å². The summed E-state index contributed by atoms with van der Waals surface area (Å²) < 4.78 is 7.48. The van der Waals surface area contributed by atoms with E-state index in [1.165, 1.54) is 0 Å². The summed E-state index contributed by atoms with van der Waals surface area (Å²) in [5.41, 5.74) is 2.63. The van der Waals surface area contributed by atoms with E-state index in [2.05, 4.69) is 10.2 Å². The van der Waals surface area contributed by atoms with Crippen molar-refractivity contribution in [3.05, 3.63) is 80.6 Å². The van der Waals surface area contributed by atoms with Crippen molar-refractivity contribution in [2.45, 2.75) is 25.1 Å². The highest BCUT2D eigenvalue weighted by atomic mass is 35.5. The summed E-state index contributed by atoms with van der Waals surface area (Å²) in [4.78, 5) is 12.0. The van der Waals surface area contributed by atoms with Crippen LogP contribution in [0.25, 0.3) is 17.0 Å². The van der Waals surface area contributed by atoms with E-state index in [1.54, 1.807) is 18.2 Å². The molecule has 0 saturated carbocycles. The van der Waals surface area contributed by atoms with E-state index in [1.807, 2.05) is 48.0 Å². The lowest BCUT2D eigenvalue weighted by Crippen LogP contribution is -1.98. The number of carboxylic acids is 1. The summed E-state index contributed by atoms with van der Waals surface area (Å²) in [5.74, 6) is -0.609. The normalized spacial score (nSPS) is 11.9. The van der Waals surface area contributed by atoms with E-state index in [9.17, 15) is 9.90 Å². The van der Waals surface area contributed by atoms with Gasteiger partial charge in [0.1, 0.15) is 4.91 Å². The Morgan fingerprint density at radius 3 is 2.74 bits per heavy atom. The van der Waals surface area contributed by atoms with Crippen LogP contribution in [0.3, 0.4) is 0 Å². The van der Waals surface area contributed by atoms with Crippen LogP contribution in [0.4, 0.5) is 0 Å². The van der Waals surface area contributed by atoms with E-state index >= 15 is 0 Å². The predicted octanol–water partition coefficient (Wildman–Crippen LogP) is 6.16. The van der Waals surface area contributed by atoms with E-state index in [0.29, 0.717) is 28.9 Å². The molecule has 31 heavy (non-hydrogen) atoms. The Kier molecular flexibility index (Phi) is 6.36. The number of para-hydroxylation sites is 1. The number of hydrogen-bond donors (Lipinski definition) is 1. The van der Waals surface area contributed by atoms with Gasteiger partial charge >= 0.3 is 5.97 Å². The number of halogens is 2. The van der Waals surface area contributed by atoms with Gasteiger partial charge in [0.05, 0.1) is 0 Å². The van der Waals surface area contributed by atoms with E-state index in [0.717, 1.165) is 33.8 Å². The van der Waals surface area contributed by atoms with Gasteiger partial charge in [-0.2, -0.15) is 0 Å². The lowest BCUT2D eigenvalue weighted by atomic mass is 10.1. The molecule has 4 rings (SSSR count). The third kappa shape index (κ3) is 4.79. The number of aliphatic carboxylic acids is 1. The first-order valence-corrected chi connectivity index (χ1v) is 11.0. The molecular weight excluding hydrogens is 457 g/mol. The quantitative estimate of drug-likeness (QED) is 0.255. The molecule has 0 aliphatic heterocycles. The minimum Gasteiger partial charge on any atom is -0.477 e. The Bertz CT molecular complexity index is 1300. The zero-order valence-corrected chi connectivity index (χ0v) is 18.7. The smallest absolute Gasteiger partial charge is 0.342 e. The predicted molar refractivity (Wildman–Crippen MR) is 123 cm³/mol. The average Bonchev–Trinajstić information content (AvgIpc) is 3.34. The number of benzene rings is 2. The fourth-order valence-corrected chi connectivity index (χ4v) is 4.30. The number of aromatic nitrogens is 3.